The number of ether oxygens (including phenoxy) is 1. The van der Waals surface area contributed by atoms with Crippen molar-refractivity contribution in [2.24, 2.45) is 5.73 Å². The van der Waals surface area contributed by atoms with Crippen LogP contribution in [-0.4, -0.2) is 57.0 Å². The minimum absolute atomic E-state index is 0.181. The summed E-state index contributed by atoms with van der Waals surface area (Å²) in [6.07, 6.45) is 3.81. The fraction of sp³-hybridized carbons (Fsp3) is 0.611. The number of benzene rings is 1. The molecule has 1 amide bonds. The summed E-state index contributed by atoms with van der Waals surface area (Å²) >= 11 is 0. The Bertz CT molecular complexity index is 767. The van der Waals surface area contributed by atoms with Crippen molar-refractivity contribution in [3.63, 3.8) is 0 Å². The lowest BCUT2D eigenvalue weighted by molar-refractivity contribution is 0.0730. The van der Waals surface area contributed by atoms with Gasteiger partial charge in [-0.1, -0.05) is 18.9 Å². The van der Waals surface area contributed by atoms with Crippen molar-refractivity contribution >= 4 is 15.9 Å². The lowest BCUT2D eigenvalue weighted by Gasteiger charge is -2.29. The van der Waals surface area contributed by atoms with Crippen LogP contribution < -0.4 is 11.1 Å². The number of sulfonamides is 1. The van der Waals surface area contributed by atoms with Crippen LogP contribution in [-0.2, 0) is 14.8 Å². The molecule has 1 heterocycles. The maximum Gasteiger partial charge on any atom is 0.251 e. The minimum Gasteiger partial charge on any atom is -0.379 e. The van der Waals surface area contributed by atoms with E-state index in [0.717, 1.165) is 25.7 Å². The van der Waals surface area contributed by atoms with E-state index in [1.54, 1.807) is 19.1 Å². The van der Waals surface area contributed by atoms with E-state index in [-0.39, 0.29) is 16.3 Å². The summed E-state index contributed by atoms with van der Waals surface area (Å²) in [6, 6.07) is 4.84. The van der Waals surface area contributed by atoms with E-state index in [9.17, 15) is 13.2 Å². The number of carbonyl (C=O) groups excluding carboxylic acids is 1. The number of nitrogens with two attached hydrogens (primary N) is 1. The van der Waals surface area contributed by atoms with Crippen LogP contribution in [0, 0.1) is 6.92 Å². The van der Waals surface area contributed by atoms with E-state index in [1.807, 2.05) is 0 Å². The highest BCUT2D eigenvalue weighted by Gasteiger charge is 2.34. The number of aryl methyl sites for hydroxylation is 1. The molecule has 1 aromatic carbocycles. The third-order valence-corrected chi connectivity index (χ3v) is 7.41. The number of hydrogen-bond donors (Lipinski definition) is 2. The Kier molecular flexibility index (Phi) is 5.67. The smallest absolute Gasteiger partial charge is 0.251 e. The SMILES string of the molecule is Cc1ccc(C(=O)NC2(CN)CCCC2)cc1S(=O)(=O)N1CCOCC1. The summed E-state index contributed by atoms with van der Waals surface area (Å²) in [7, 11) is -3.65. The van der Waals surface area contributed by atoms with Gasteiger partial charge < -0.3 is 15.8 Å². The number of hydrogen-bond acceptors (Lipinski definition) is 5. The molecule has 1 saturated carbocycles. The number of nitrogens with one attached hydrogen (secondary N) is 1. The summed E-state index contributed by atoms with van der Waals surface area (Å²) in [5, 5.41) is 3.04. The van der Waals surface area contributed by atoms with Crippen LogP contribution in [0.3, 0.4) is 0 Å². The molecule has 3 N–H and O–H groups in total. The Hall–Kier alpha value is -1.48. The predicted molar refractivity (Wildman–Crippen MR) is 98.5 cm³/mol. The molecule has 26 heavy (non-hydrogen) atoms. The van der Waals surface area contributed by atoms with Gasteiger partial charge in [-0.05, 0) is 37.5 Å². The monoisotopic (exact) mass is 381 g/mol. The zero-order chi connectivity index (χ0) is 18.8. The zero-order valence-corrected chi connectivity index (χ0v) is 16.0. The number of carbonyl (C=O) groups is 1. The van der Waals surface area contributed by atoms with Gasteiger partial charge in [0.2, 0.25) is 10.0 Å². The highest BCUT2D eigenvalue weighted by molar-refractivity contribution is 7.89. The fourth-order valence-corrected chi connectivity index (χ4v) is 5.35. The topological polar surface area (TPSA) is 102 Å². The molecule has 0 aromatic heterocycles. The molecule has 144 valence electrons. The average molecular weight is 381 g/mol. The average Bonchev–Trinajstić information content (AvgIpc) is 3.11. The van der Waals surface area contributed by atoms with E-state index in [4.69, 9.17) is 10.5 Å². The van der Waals surface area contributed by atoms with Crippen molar-refractivity contribution in [3.8, 4) is 0 Å². The molecular weight excluding hydrogens is 354 g/mol. The first-order valence-electron chi connectivity index (χ1n) is 9.09. The number of nitrogens with zero attached hydrogens (tertiary/aromatic N) is 1. The summed E-state index contributed by atoms with van der Waals surface area (Å²) in [5.74, 6) is -0.268. The van der Waals surface area contributed by atoms with Crippen LogP contribution in [0.25, 0.3) is 0 Å². The molecule has 7 nitrogen and oxygen atoms in total. The van der Waals surface area contributed by atoms with E-state index >= 15 is 0 Å². The Morgan fingerprint density at radius 3 is 2.54 bits per heavy atom. The van der Waals surface area contributed by atoms with Gasteiger partial charge in [0.1, 0.15) is 0 Å². The highest BCUT2D eigenvalue weighted by atomic mass is 32.2. The Morgan fingerprint density at radius 1 is 1.27 bits per heavy atom. The van der Waals surface area contributed by atoms with Crippen molar-refractivity contribution in [3.05, 3.63) is 29.3 Å². The van der Waals surface area contributed by atoms with Crippen molar-refractivity contribution in [2.75, 3.05) is 32.8 Å². The molecule has 3 rings (SSSR count). The lowest BCUT2D eigenvalue weighted by atomic mass is 9.97. The molecule has 8 heteroatoms. The van der Waals surface area contributed by atoms with Crippen LogP contribution in [0.4, 0.5) is 0 Å². The first kappa shape index (κ1) is 19.3. The Balaban J connectivity index is 1.86. The van der Waals surface area contributed by atoms with Gasteiger partial charge in [0.25, 0.3) is 5.91 Å². The van der Waals surface area contributed by atoms with E-state index in [0.29, 0.717) is 44.0 Å². The molecule has 0 spiro atoms. The molecule has 1 aliphatic carbocycles. The molecule has 0 bridgehead atoms. The zero-order valence-electron chi connectivity index (χ0n) is 15.2. The molecular formula is C18H27N3O4S. The summed E-state index contributed by atoms with van der Waals surface area (Å²) in [5.41, 5.74) is 6.49. The van der Waals surface area contributed by atoms with Crippen LogP contribution >= 0.6 is 0 Å². The second-order valence-corrected chi connectivity index (χ2v) is 9.05. The molecule has 2 fully saturated rings. The Morgan fingerprint density at radius 2 is 1.92 bits per heavy atom. The van der Waals surface area contributed by atoms with Crippen molar-refractivity contribution < 1.29 is 17.9 Å². The molecule has 0 radical (unpaired) electrons. The van der Waals surface area contributed by atoms with Gasteiger partial charge in [0.05, 0.1) is 23.6 Å². The molecule has 0 unspecified atom stereocenters. The van der Waals surface area contributed by atoms with Crippen LogP contribution in [0.15, 0.2) is 23.1 Å². The summed E-state index contributed by atoms with van der Waals surface area (Å²) in [4.78, 5) is 12.9. The normalized spacial score (nSPS) is 20.8. The molecule has 1 saturated heterocycles. The molecule has 1 aliphatic heterocycles. The van der Waals surface area contributed by atoms with Gasteiger partial charge in [-0.15, -0.1) is 0 Å². The van der Waals surface area contributed by atoms with E-state index in [2.05, 4.69) is 5.32 Å². The number of morpholine rings is 1. The first-order chi connectivity index (χ1) is 12.4. The Labute approximate surface area is 154 Å². The van der Waals surface area contributed by atoms with Crippen molar-refractivity contribution in [2.45, 2.75) is 43.0 Å². The van der Waals surface area contributed by atoms with Crippen molar-refractivity contribution in [1.29, 1.82) is 0 Å². The first-order valence-corrected chi connectivity index (χ1v) is 10.5. The van der Waals surface area contributed by atoms with Gasteiger partial charge in [-0.25, -0.2) is 8.42 Å². The lowest BCUT2D eigenvalue weighted by Crippen LogP contribution is -2.51. The van der Waals surface area contributed by atoms with Crippen molar-refractivity contribution in [1.82, 2.24) is 9.62 Å². The van der Waals surface area contributed by atoms with E-state index in [1.165, 1.54) is 10.4 Å². The maximum absolute atomic E-state index is 13.0. The number of amides is 1. The second kappa shape index (κ2) is 7.64. The maximum atomic E-state index is 13.0. The predicted octanol–water partition coefficient (Wildman–Crippen LogP) is 1.02. The minimum atomic E-state index is -3.65. The third kappa shape index (κ3) is 3.78. The van der Waals surface area contributed by atoms with E-state index < -0.39 is 10.0 Å². The summed E-state index contributed by atoms with van der Waals surface area (Å²) < 4.78 is 32.6. The molecule has 0 atom stereocenters. The highest BCUT2D eigenvalue weighted by Crippen LogP contribution is 2.29. The van der Waals surface area contributed by atoms with Crippen LogP contribution in [0.5, 0.6) is 0 Å². The van der Waals surface area contributed by atoms with Gasteiger partial charge in [0.15, 0.2) is 0 Å². The number of rotatable bonds is 5. The van der Waals surface area contributed by atoms with Gasteiger partial charge in [-0.3, -0.25) is 4.79 Å². The standard InChI is InChI=1S/C18H27N3O4S/c1-14-4-5-15(17(22)20-18(13-19)6-2-3-7-18)12-16(14)26(23,24)21-8-10-25-11-9-21/h4-5,12H,2-3,6-11,13,19H2,1H3,(H,20,22). The second-order valence-electron chi connectivity index (χ2n) is 7.14. The summed E-state index contributed by atoms with van der Waals surface area (Å²) in [6.45, 7) is 3.56. The quantitative estimate of drug-likeness (QED) is 0.793. The van der Waals surface area contributed by atoms with Gasteiger partial charge in [-0.2, -0.15) is 4.31 Å². The third-order valence-electron chi connectivity index (χ3n) is 5.37. The molecule has 2 aliphatic rings. The van der Waals surface area contributed by atoms with Crippen LogP contribution in [0.2, 0.25) is 0 Å². The largest absolute Gasteiger partial charge is 0.379 e. The van der Waals surface area contributed by atoms with Gasteiger partial charge in [0, 0.05) is 25.2 Å². The van der Waals surface area contributed by atoms with Gasteiger partial charge >= 0.3 is 0 Å². The van der Waals surface area contributed by atoms with Crippen LogP contribution in [0.1, 0.15) is 41.6 Å². The fourth-order valence-electron chi connectivity index (χ4n) is 3.69. The molecule has 1 aromatic rings.